The lowest BCUT2D eigenvalue weighted by Gasteiger charge is -2.20. The molecule has 7 nitrogen and oxygen atoms in total. The van der Waals surface area contributed by atoms with Crippen LogP contribution in [0.5, 0.6) is 0 Å². The molecule has 2 heterocycles. The van der Waals surface area contributed by atoms with E-state index >= 15 is 0 Å². The molecule has 2 aliphatic heterocycles. The molecule has 152 valence electrons. The number of nitrogens with one attached hydrogen (secondary N) is 1. The molecule has 2 aliphatic rings. The second-order valence-corrected chi connectivity index (χ2v) is 7.52. The number of aliphatic hydroxyl groups excluding tert-OH is 1. The van der Waals surface area contributed by atoms with Crippen LogP contribution in [0, 0.1) is 5.92 Å². The molecule has 2 N–H and O–H groups in total. The number of carbonyl (C=O) groups excluding carboxylic acids is 2. The monoisotopic (exact) mass is 396 g/mol. The summed E-state index contributed by atoms with van der Waals surface area (Å²) >= 11 is 0. The highest BCUT2D eigenvalue weighted by Gasteiger charge is 2.56. The van der Waals surface area contributed by atoms with Gasteiger partial charge in [-0.3, -0.25) is 14.4 Å². The van der Waals surface area contributed by atoms with E-state index in [4.69, 9.17) is 9.57 Å². The summed E-state index contributed by atoms with van der Waals surface area (Å²) in [6.45, 7) is 3.57. The minimum absolute atomic E-state index is 0.107. The quantitative estimate of drug-likeness (QED) is 0.755. The number of aliphatic hydroxyl groups is 1. The van der Waals surface area contributed by atoms with Gasteiger partial charge >= 0.3 is 5.97 Å². The number of benzene rings is 2. The molecule has 0 bridgehead atoms. The number of esters is 1. The number of amides is 1. The van der Waals surface area contributed by atoms with Gasteiger partial charge in [0.2, 0.25) is 5.91 Å². The van der Waals surface area contributed by atoms with Crippen LogP contribution in [0.3, 0.4) is 0 Å². The van der Waals surface area contributed by atoms with E-state index in [1.807, 2.05) is 55.5 Å². The summed E-state index contributed by atoms with van der Waals surface area (Å²) in [5.74, 6) is -0.579. The molecule has 1 unspecified atom stereocenters. The Morgan fingerprint density at radius 1 is 1.17 bits per heavy atom. The number of hydrogen-bond donors (Lipinski definition) is 2. The van der Waals surface area contributed by atoms with Crippen molar-refractivity contribution in [3.8, 4) is 11.1 Å². The van der Waals surface area contributed by atoms with Crippen molar-refractivity contribution < 1.29 is 24.3 Å². The maximum atomic E-state index is 12.3. The lowest BCUT2D eigenvalue weighted by molar-refractivity contribution is -0.195. The highest BCUT2D eigenvalue weighted by molar-refractivity contribution is 5.89. The minimum atomic E-state index is -0.497. The molecule has 0 saturated carbocycles. The second kappa shape index (κ2) is 7.94. The molecule has 2 aromatic rings. The highest BCUT2D eigenvalue weighted by Crippen LogP contribution is 2.38. The Morgan fingerprint density at radius 2 is 1.93 bits per heavy atom. The largest absolute Gasteiger partial charge is 0.461 e. The van der Waals surface area contributed by atoms with Crippen molar-refractivity contribution in [1.82, 2.24) is 5.06 Å². The van der Waals surface area contributed by atoms with Crippen LogP contribution >= 0.6 is 0 Å². The zero-order valence-electron chi connectivity index (χ0n) is 16.4. The first-order valence-electron chi connectivity index (χ1n) is 9.68. The van der Waals surface area contributed by atoms with E-state index in [2.05, 4.69) is 5.32 Å². The third-order valence-corrected chi connectivity index (χ3v) is 5.44. The topological polar surface area (TPSA) is 88.1 Å². The maximum absolute atomic E-state index is 12.3. The van der Waals surface area contributed by atoms with Crippen LogP contribution in [-0.2, 0) is 25.7 Å². The number of cyclic esters (lactones) is 1. The molecular formula is C22H24N2O5. The average molecular weight is 396 g/mol. The van der Waals surface area contributed by atoms with Gasteiger partial charge in [-0.05, 0) is 41.8 Å². The van der Waals surface area contributed by atoms with Gasteiger partial charge in [0.05, 0.1) is 19.1 Å². The minimum Gasteiger partial charge on any atom is -0.461 e. The maximum Gasteiger partial charge on any atom is 0.326 e. The average Bonchev–Trinajstić information content (AvgIpc) is 3.20. The van der Waals surface area contributed by atoms with Crippen LogP contribution in [0.15, 0.2) is 48.5 Å². The van der Waals surface area contributed by atoms with Crippen molar-refractivity contribution in [2.75, 3.05) is 11.9 Å². The van der Waals surface area contributed by atoms with Gasteiger partial charge < -0.3 is 15.2 Å². The van der Waals surface area contributed by atoms with Crippen LogP contribution in [-0.4, -0.2) is 46.9 Å². The summed E-state index contributed by atoms with van der Waals surface area (Å²) in [5.41, 5.74) is 3.77. The molecular weight excluding hydrogens is 372 g/mol. The third-order valence-electron chi connectivity index (χ3n) is 5.44. The van der Waals surface area contributed by atoms with Gasteiger partial charge in [-0.15, -0.1) is 0 Å². The molecule has 0 radical (unpaired) electrons. The molecule has 4 atom stereocenters. The van der Waals surface area contributed by atoms with Crippen LogP contribution < -0.4 is 5.32 Å². The fourth-order valence-electron chi connectivity index (χ4n) is 4.14. The number of rotatable bonds is 5. The van der Waals surface area contributed by atoms with Gasteiger partial charge in [0.15, 0.2) is 0 Å². The van der Waals surface area contributed by atoms with Gasteiger partial charge in [-0.1, -0.05) is 30.3 Å². The summed E-state index contributed by atoms with van der Waals surface area (Å²) < 4.78 is 5.36. The number of hydrogen-bond acceptors (Lipinski definition) is 6. The number of ether oxygens (including phenoxy) is 1. The van der Waals surface area contributed by atoms with E-state index in [0.717, 1.165) is 22.4 Å². The number of hydroxylamine groups is 2. The number of fused-ring (bicyclic) bond motifs is 1. The van der Waals surface area contributed by atoms with Crippen LogP contribution in [0.1, 0.15) is 19.4 Å². The summed E-state index contributed by atoms with van der Waals surface area (Å²) in [6, 6.07) is 15.1. The Kier molecular flexibility index (Phi) is 5.36. The fourth-order valence-corrected chi connectivity index (χ4v) is 4.14. The van der Waals surface area contributed by atoms with E-state index in [0.29, 0.717) is 6.54 Å². The Bertz CT molecular complexity index is 914. The number of nitrogens with zero attached hydrogens (tertiary/aromatic N) is 1. The zero-order valence-corrected chi connectivity index (χ0v) is 16.4. The van der Waals surface area contributed by atoms with Crippen LogP contribution in [0.2, 0.25) is 0 Å². The van der Waals surface area contributed by atoms with Gasteiger partial charge in [0.1, 0.15) is 18.2 Å². The smallest absolute Gasteiger partial charge is 0.326 e. The Hall–Kier alpha value is -2.74. The van der Waals surface area contributed by atoms with E-state index in [1.165, 1.54) is 6.92 Å². The van der Waals surface area contributed by atoms with Crippen molar-refractivity contribution in [2.24, 2.45) is 5.92 Å². The Morgan fingerprint density at radius 3 is 2.62 bits per heavy atom. The fraction of sp³-hybridized carbons (Fsp3) is 0.364. The van der Waals surface area contributed by atoms with Crippen molar-refractivity contribution in [3.05, 3.63) is 54.1 Å². The first-order valence-corrected chi connectivity index (χ1v) is 9.68. The summed E-state index contributed by atoms with van der Waals surface area (Å²) in [5, 5.41) is 14.0. The Labute approximate surface area is 169 Å². The first kappa shape index (κ1) is 19.6. The summed E-state index contributed by atoms with van der Waals surface area (Å²) in [7, 11) is 0. The van der Waals surface area contributed by atoms with Crippen molar-refractivity contribution in [3.63, 3.8) is 0 Å². The second-order valence-electron chi connectivity index (χ2n) is 7.52. The molecule has 1 amide bonds. The first-order chi connectivity index (χ1) is 14.0. The van der Waals surface area contributed by atoms with Gasteiger partial charge in [-0.25, -0.2) is 0 Å². The molecule has 4 rings (SSSR count). The third kappa shape index (κ3) is 3.89. The normalized spacial score (nSPS) is 26.2. The number of carbonyl (C=O) groups is 2. The van der Waals surface area contributed by atoms with E-state index in [-0.39, 0.29) is 30.5 Å². The standard InChI is InChI=1S/C22H24N2O5/c1-13-20-19(12-25)29-24(21(20)22(27)28-13)11-15-4-3-5-17(10-15)16-6-8-18(9-7-16)23-14(2)26/h3-10,13,19-21,25H,11-12H2,1-2H3,(H,23,26)/t13-,19?,20+,21-/m0/s1. The molecule has 7 heteroatoms. The van der Waals surface area contributed by atoms with Crippen LogP contribution in [0.4, 0.5) is 5.69 Å². The molecule has 0 aromatic heterocycles. The van der Waals surface area contributed by atoms with Gasteiger partial charge in [0.25, 0.3) is 0 Å². The Balaban J connectivity index is 1.52. The molecule has 2 saturated heterocycles. The lowest BCUT2D eigenvalue weighted by Crippen LogP contribution is -2.35. The lowest BCUT2D eigenvalue weighted by atomic mass is 9.93. The van der Waals surface area contributed by atoms with Crippen molar-refractivity contribution >= 4 is 17.6 Å². The SMILES string of the molecule is CC(=O)Nc1ccc(-c2cccc(CN3OC(CO)[C@H]4[C@H](C)OC(=O)[C@H]43)c2)cc1. The van der Waals surface area contributed by atoms with E-state index in [9.17, 15) is 14.7 Å². The predicted molar refractivity (Wildman–Crippen MR) is 107 cm³/mol. The molecule has 29 heavy (non-hydrogen) atoms. The molecule has 2 fully saturated rings. The highest BCUT2D eigenvalue weighted by atomic mass is 16.7. The van der Waals surface area contributed by atoms with Gasteiger partial charge in [0, 0.05) is 12.6 Å². The van der Waals surface area contributed by atoms with Gasteiger partial charge in [-0.2, -0.15) is 5.06 Å². The zero-order chi connectivity index (χ0) is 20.5. The predicted octanol–water partition coefficient (Wildman–Crippen LogP) is 2.35. The van der Waals surface area contributed by atoms with E-state index in [1.54, 1.807) is 5.06 Å². The van der Waals surface area contributed by atoms with Crippen molar-refractivity contribution in [2.45, 2.75) is 38.6 Å². The van der Waals surface area contributed by atoms with Crippen molar-refractivity contribution in [1.29, 1.82) is 0 Å². The molecule has 2 aromatic carbocycles. The molecule has 0 spiro atoms. The molecule has 0 aliphatic carbocycles. The number of anilines is 1. The van der Waals surface area contributed by atoms with Crippen LogP contribution in [0.25, 0.3) is 11.1 Å². The summed E-state index contributed by atoms with van der Waals surface area (Å²) in [6.07, 6.45) is -0.714. The van der Waals surface area contributed by atoms with E-state index < -0.39 is 12.1 Å². The summed E-state index contributed by atoms with van der Waals surface area (Å²) in [4.78, 5) is 29.3.